The molecule has 0 saturated heterocycles. The van der Waals surface area contributed by atoms with Gasteiger partial charge in [0.2, 0.25) is 0 Å². The molecule has 5 aromatic rings. The molecule has 7 heteroatoms. The molecule has 0 saturated carbocycles. The van der Waals surface area contributed by atoms with Crippen LogP contribution in [-0.4, -0.2) is 21.5 Å². The predicted octanol–water partition coefficient (Wildman–Crippen LogP) is 7.08. The summed E-state index contributed by atoms with van der Waals surface area (Å²) in [6.07, 6.45) is 5.78. The van der Waals surface area contributed by atoms with E-state index in [-0.39, 0.29) is 26.5 Å². The van der Waals surface area contributed by atoms with Crippen molar-refractivity contribution in [3.8, 4) is 23.4 Å². The van der Waals surface area contributed by atoms with Gasteiger partial charge in [0, 0.05) is 44.3 Å². The van der Waals surface area contributed by atoms with Gasteiger partial charge in [0.15, 0.2) is 0 Å². The second kappa shape index (κ2) is 10.2. The van der Waals surface area contributed by atoms with E-state index in [1.807, 2.05) is 96.7 Å². The molecule has 39 heavy (non-hydrogen) atoms. The average Bonchev–Trinajstić information content (AvgIpc) is 3.48. The van der Waals surface area contributed by atoms with Gasteiger partial charge in [-0.3, -0.25) is 0 Å². The second-order valence-corrected chi connectivity index (χ2v) is 10.4. The summed E-state index contributed by atoms with van der Waals surface area (Å²) in [5.41, 5.74) is 4.34. The van der Waals surface area contributed by atoms with Crippen LogP contribution in [0.4, 0.5) is 5.69 Å². The van der Waals surface area contributed by atoms with Gasteiger partial charge in [0.25, 0.3) is 0 Å². The van der Waals surface area contributed by atoms with Crippen LogP contribution >= 0.6 is 0 Å². The van der Waals surface area contributed by atoms with Crippen molar-refractivity contribution in [2.24, 2.45) is 0 Å². The number of rotatable bonds is 4. The molecular formula is C32H26N5OPt-3. The predicted molar refractivity (Wildman–Crippen MR) is 150 cm³/mol. The van der Waals surface area contributed by atoms with Crippen LogP contribution in [0, 0.1) is 30.1 Å². The molecule has 198 valence electrons. The minimum Gasteiger partial charge on any atom is -0.510 e. The molecule has 1 aliphatic rings. The fourth-order valence-corrected chi connectivity index (χ4v) is 4.65. The van der Waals surface area contributed by atoms with Crippen LogP contribution in [0.1, 0.15) is 31.9 Å². The number of anilines is 1. The van der Waals surface area contributed by atoms with Gasteiger partial charge in [-0.05, 0) is 60.1 Å². The van der Waals surface area contributed by atoms with Crippen molar-refractivity contribution in [2.75, 3.05) is 11.9 Å². The SMILES string of the molecule is CN1C=CN(c2[c-]c(Oc3[c-]c4c(cc3)c3ccc(C#N)cc3n4-c3cc(C(C)(C)C)ccn3)ccc2)[CH-]1.[Pt]. The molecule has 0 N–H and O–H groups in total. The van der Waals surface area contributed by atoms with Gasteiger partial charge < -0.3 is 19.1 Å². The number of hydrogen-bond donors (Lipinski definition) is 0. The van der Waals surface area contributed by atoms with Crippen molar-refractivity contribution in [2.45, 2.75) is 26.2 Å². The van der Waals surface area contributed by atoms with Gasteiger partial charge in [0.05, 0.1) is 11.6 Å². The molecule has 3 heterocycles. The Morgan fingerprint density at radius 1 is 0.949 bits per heavy atom. The van der Waals surface area contributed by atoms with E-state index in [1.165, 1.54) is 5.56 Å². The van der Waals surface area contributed by atoms with Gasteiger partial charge in [0.1, 0.15) is 5.82 Å². The minimum atomic E-state index is -0.0378. The Labute approximate surface area is 243 Å². The summed E-state index contributed by atoms with van der Waals surface area (Å²) < 4.78 is 8.31. The molecule has 0 unspecified atom stereocenters. The summed E-state index contributed by atoms with van der Waals surface area (Å²) in [6, 6.07) is 28.7. The number of benzene rings is 3. The molecule has 6 nitrogen and oxygen atoms in total. The summed E-state index contributed by atoms with van der Waals surface area (Å²) in [5, 5.41) is 11.6. The second-order valence-electron chi connectivity index (χ2n) is 10.4. The molecular weight excluding hydrogens is 665 g/mol. The van der Waals surface area contributed by atoms with E-state index in [2.05, 4.69) is 49.6 Å². The van der Waals surface area contributed by atoms with Crippen LogP contribution in [0.15, 0.2) is 79.3 Å². The number of ether oxygens (including phenoxy) is 1. The van der Waals surface area contributed by atoms with E-state index in [9.17, 15) is 5.26 Å². The van der Waals surface area contributed by atoms with Crippen molar-refractivity contribution < 1.29 is 25.8 Å². The summed E-state index contributed by atoms with van der Waals surface area (Å²) in [4.78, 5) is 8.68. The smallest absolute Gasteiger partial charge is 0.135 e. The van der Waals surface area contributed by atoms with Gasteiger partial charge in [-0.2, -0.15) is 24.1 Å². The summed E-state index contributed by atoms with van der Waals surface area (Å²) in [7, 11) is 1.98. The van der Waals surface area contributed by atoms with E-state index in [0.29, 0.717) is 17.1 Å². The number of fused-ring (bicyclic) bond motifs is 3. The topological polar surface area (TPSA) is 57.3 Å². The molecule has 0 spiro atoms. The first-order chi connectivity index (χ1) is 18.3. The zero-order valence-electron chi connectivity index (χ0n) is 22.0. The fraction of sp³-hybridized carbons (Fsp3) is 0.156. The Hall–Kier alpha value is -4.07. The Kier molecular flexibility index (Phi) is 6.97. The maximum Gasteiger partial charge on any atom is 0.135 e. The van der Waals surface area contributed by atoms with Crippen molar-refractivity contribution in [3.63, 3.8) is 0 Å². The van der Waals surface area contributed by atoms with Crippen molar-refractivity contribution in [3.05, 3.63) is 109 Å². The average molecular weight is 692 g/mol. The maximum absolute atomic E-state index is 9.59. The van der Waals surface area contributed by atoms with E-state index in [4.69, 9.17) is 9.72 Å². The molecule has 3 aromatic carbocycles. The third-order valence-electron chi connectivity index (χ3n) is 6.64. The van der Waals surface area contributed by atoms with Gasteiger partial charge in [-0.25, -0.2) is 4.98 Å². The number of nitrogens with zero attached hydrogens (tertiary/aromatic N) is 5. The van der Waals surface area contributed by atoms with E-state index in [0.717, 1.165) is 33.3 Å². The molecule has 0 fully saturated rings. The first kappa shape index (κ1) is 26.5. The zero-order valence-corrected chi connectivity index (χ0v) is 24.3. The Morgan fingerprint density at radius 3 is 2.49 bits per heavy atom. The van der Waals surface area contributed by atoms with E-state index in [1.54, 1.807) is 0 Å². The molecule has 0 radical (unpaired) electrons. The van der Waals surface area contributed by atoms with E-state index >= 15 is 0 Å². The van der Waals surface area contributed by atoms with Crippen LogP contribution in [0.2, 0.25) is 0 Å². The number of pyridine rings is 1. The van der Waals surface area contributed by atoms with Gasteiger partial charge >= 0.3 is 0 Å². The largest absolute Gasteiger partial charge is 0.510 e. The van der Waals surface area contributed by atoms with Gasteiger partial charge in [-0.15, -0.1) is 41.4 Å². The first-order valence-corrected chi connectivity index (χ1v) is 12.4. The molecule has 0 aliphatic carbocycles. The Morgan fingerprint density at radius 2 is 1.74 bits per heavy atom. The molecule has 1 aliphatic heterocycles. The van der Waals surface area contributed by atoms with Crippen LogP contribution in [0.5, 0.6) is 11.5 Å². The van der Waals surface area contributed by atoms with Gasteiger partial charge in [-0.1, -0.05) is 32.4 Å². The summed E-state index contributed by atoms with van der Waals surface area (Å²) in [5.74, 6) is 1.94. The van der Waals surface area contributed by atoms with Crippen molar-refractivity contribution in [1.82, 2.24) is 14.5 Å². The Balaban J connectivity index is 0.00000308. The quantitative estimate of drug-likeness (QED) is 0.189. The van der Waals surface area contributed by atoms with Crippen molar-refractivity contribution in [1.29, 1.82) is 5.26 Å². The molecule has 0 bridgehead atoms. The molecule has 6 rings (SSSR count). The Bertz CT molecular complexity index is 1760. The summed E-state index contributed by atoms with van der Waals surface area (Å²) in [6.45, 7) is 8.52. The number of hydrogen-bond acceptors (Lipinski definition) is 5. The monoisotopic (exact) mass is 691 g/mol. The number of nitriles is 1. The normalized spacial score (nSPS) is 13.1. The molecule has 0 amide bonds. The molecule has 2 aromatic heterocycles. The van der Waals surface area contributed by atoms with Crippen LogP contribution in [-0.2, 0) is 26.5 Å². The first-order valence-electron chi connectivity index (χ1n) is 12.4. The maximum atomic E-state index is 9.59. The van der Waals surface area contributed by atoms with Crippen LogP contribution < -0.4 is 9.64 Å². The van der Waals surface area contributed by atoms with Crippen LogP contribution in [0.3, 0.4) is 0 Å². The number of aromatic nitrogens is 2. The third kappa shape index (κ3) is 5.03. The molecule has 0 atom stereocenters. The van der Waals surface area contributed by atoms with E-state index < -0.39 is 0 Å². The van der Waals surface area contributed by atoms with Crippen molar-refractivity contribution >= 4 is 27.5 Å². The standard InChI is InChI=1S/C32H26N5O.Pt/c1-32(2,3)23-12-13-34-31(17-23)37-29-16-22(20-33)8-10-27(29)28-11-9-26(19-30(28)37)38-25-7-5-6-24(18-25)36-15-14-35(4)21-36;/h5-17,21H,1-4H3;/q-3;. The van der Waals surface area contributed by atoms with Crippen LogP contribution in [0.25, 0.3) is 27.6 Å². The summed E-state index contributed by atoms with van der Waals surface area (Å²) >= 11 is 0. The zero-order chi connectivity index (χ0) is 26.4. The fourth-order valence-electron chi connectivity index (χ4n) is 4.65. The third-order valence-corrected chi connectivity index (χ3v) is 6.64. The minimum absolute atomic E-state index is 0.